The zero-order valence-electron chi connectivity index (χ0n) is 9.85. The van der Waals surface area contributed by atoms with E-state index in [1.165, 1.54) is 18.2 Å². The van der Waals surface area contributed by atoms with Crippen LogP contribution in [0.2, 0.25) is 0 Å². The van der Waals surface area contributed by atoms with E-state index in [0.717, 1.165) is 0 Å². The Balaban J connectivity index is 2.72. The van der Waals surface area contributed by atoms with Crippen LogP contribution in [0.3, 0.4) is 0 Å². The van der Waals surface area contributed by atoms with Crippen LogP contribution < -0.4 is 5.32 Å². The third kappa shape index (κ3) is 4.97. The molecule has 1 unspecified atom stereocenters. The van der Waals surface area contributed by atoms with Gasteiger partial charge in [-0.1, -0.05) is 6.07 Å². The number of carbonyl (C=O) groups is 1. The Morgan fingerprint density at radius 3 is 2.59 bits per heavy atom. The number of nitrogens with one attached hydrogen (secondary N) is 1. The number of benzene rings is 1. The summed E-state index contributed by atoms with van der Waals surface area (Å²) in [5, 5.41) is 2.46. The highest BCUT2D eigenvalue weighted by Crippen LogP contribution is 2.15. The first-order valence-electron chi connectivity index (χ1n) is 4.97. The van der Waals surface area contributed by atoms with Gasteiger partial charge in [-0.2, -0.15) is 0 Å². The molecule has 1 N–H and O–H groups in total. The molecule has 0 heterocycles. The Bertz CT molecular complexity index is 439. The topological polar surface area (TPSA) is 78.5 Å². The SMILES string of the molecule is CC(C)(C)OC(=O)Nc1cccc(S(=O)[O-])c1. The molecule has 0 bridgehead atoms. The summed E-state index contributed by atoms with van der Waals surface area (Å²) in [7, 11) is 0. The zero-order valence-corrected chi connectivity index (χ0v) is 10.7. The van der Waals surface area contributed by atoms with Crippen LogP contribution in [0.25, 0.3) is 0 Å². The van der Waals surface area contributed by atoms with Gasteiger partial charge in [-0.15, -0.1) is 0 Å². The quantitative estimate of drug-likeness (QED) is 0.823. The molecule has 0 aliphatic heterocycles. The maximum absolute atomic E-state index is 11.4. The van der Waals surface area contributed by atoms with Crippen molar-refractivity contribution in [3.63, 3.8) is 0 Å². The van der Waals surface area contributed by atoms with Crippen molar-refractivity contribution in [3.05, 3.63) is 24.3 Å². The Hall–Kier alpha value is -1.40. The second-order valence-electron chi connectivity index (χ2n) is 4.39. The van der Waals surface area contributed by atoms with Crippen molar-refractivity contribution in [1.82, 2.24) is 0 Å². The van der Waals surface area contributed by atoms with Crippen molar-refractivity contribution in [1.29, 1.82) is 0 Å². The molecule has 0 saturated carbocycles. The second-order valence-corrected chi connectivity index (χ2v) is 5.33. The molecular weight excluding hydrogens is 242 g/mol. The molecule has 94 valence electrons. The van der Waals surface area contributed by atoms with Gasteiger partial charge in [-0.3, -0.25) is 9.53 Å². The van der Waals surface area contributed by atoms with Crippen LogP contribution in [-0.4, -0.2) is 20.5 Å². The first-order chi connectivity index (χ1) is 7.78. The van der Waals surface area contributed by atoms with E-state index in [0.29, 0.717) is 5.69 Å². The van der Waals surface area contributed by atoms with Gasteiger partial charge in [0.15, 0.2) is 0 Å². The average Bonchev–Trinajstić information content (AvgIpc) is 2.14. The maximum atomic E-state index is 11.4. The summed E-state index contributed by atoms with van der Waals surface area (Å²) in [6.45, 7) is 5.24. The number of rotatable bonds is 2. The molecule has 1 atom stereocenters. The van der Waals surface area contributed by atoms with E-state index in [2.05, 4.69) is 5.32 Å². The predicted octanol–water partition coefficient (Wildman–Crippen LogP) is 2.27. The number of hydrogen-bond acceptors (Lipinski definition) is 4. The van der Waals surface area contributed by atoms with Crippen molar-refractivity contribution in [2.24, 2.45) is 0 Å². The summed E-state index contributed by atoms with van der Waals surface area (Å²) >= 11 is -2.32. The second kappa shape index (κ2) is 5.29. The smallest absolute Gasteiger partial charge is 0.412 e. The first-order valence-corrected chi connectivity index (χ1v) is 6.05. The van der Waals surface area contributed by atoms with E-state index in [1.54, 1.807) is 26.8 Å². The van der Waals surface area contributed by atoms with E-state index in [-0.39, 0.29) is 4.90 Å². The number of hydrogen-bond donors (Lipinski definition) is 1. The third-order valence-electron chi connectivity index (χ3n) is 1.67. The van der Waals surface area contributed by atoms with E-state index >= 15 is 0 Å². The fraction of sp³-hybridized carbons (Fsp3) is 0.364. The Labute approximate surface area is 102 Å². The molecule has 0 aromatic heterocycles. The van der Waals surface area contributed by atoms with Crippen LogP contribution in [0.5, 0.6) is 0 Å². The summed E-state index contributed by atoms with van der Waals surface area (Å²) in [4.78, 5) is 11.5. The molecule has 0 saturated heterocycles. The van der Waals surface area contributed by atoms with Gasteiger partial charge in [-0.05, 0) is 50.1 Å². The van der Waals surface area contributed by atoms with Crippen LogP contribution in [0.15, 0.2) is 29.2 Å². The van der Waals surface area contributed by atoms with E-state index in [4.69, 9.17) is 4.74 Å². The highest BCUT2D eigenvalue weighted by molar-refractivity contribution is 7.79. The normalized spacial score (nSPS) is 12.9. The van der Waals surface area contributed by atoms with Crippen LogP contribution in [0, 0.1) is 0 Å². The lowest BCUT2D eigenvalue weighted by atomic mass is 10.2. The average molecular weight is 256 g/mol. The van der Waals surface area contributed by atoms with Gasteiger partial charge < -0.3 is 9.29 Å². The molecule has 0 fully saturated rings. The van der Waals surface area contributed by atoms with E-state index in [9.17, 15) is 13.6 Å². The van der Waals surface area contributed by atoms with Crippen molar-refractivity contribution in [3.8, 4) is 0 Å². The van der Waals surface area contributed by atoms with Gasteiger partial charge in [0.1, 0.15) is 5.60 Å². The predicted molar refractivity (Wildman–Crippen MR) is 63.5 cm³/mol. The largest absolute Gasteiger partial charge is 0.768 e. The minimum absolute atomic E-state index is 0.110. The number of carbonyl (C=O) groups excluding carboxylic acids is 1. The molecule has 17 heavy (non-hydrogen) atoms. The molecule has 5 nitrogen and oxygen atoms in total. The Morgan fingerprint density at radius 2 is 2.06 bits per heavy atom. The van der Waals surface area contributed by atoms with Gasteiger partial charge in [0, 0.05) is 10.6 Å². The molecule has 0 aliphatic carbocycles. The minimum Gasteiger partial charge on any atom is -0.768 e. The molecular formula is C11H14NO4S-. The van der Waals surface area contributed by atoms with E-state index < -0.39 is 22.8 Å². The molecule has 0 spiro atoms. The Kier molecular flexibility index (Phi) is 4.25. The highest BCUT2D eigenvalue weighted by Gasteiger charge is 2.16. The number of ether oxygens (including phenoxy) is 1. The van der Waals surface area contributed by atoms with E-state index in [1.807, 2.05) is 0 Å². The lowest BCUT2D eigenvalue weighted by Gasteiger charge is -2.19. The van der Waals surface area contributed by atoms with Gasteiger partial charge >= 0.3 is 6.09 Å². The van der Waals surface area contributed by atoms with Crippen LogP contribution in [0.4, 0.5) is 10.5 Å². The molecule has 6 heteroatoms. The third-order valence-corrected chi connectivity index (χ3v) is 2.31. The lowest BCUT2D eigenvalue weighted by molar-refractivity contribution is 0.0636. The zero-order chi connectivity index (χ0) is 13.1. The fourth-order valence-corrected chi connectivity index (χ4v) is 1.51. The van der Waals surface area contributed by atoms with Crippen molar-refractivity contribution < 1.29 is 18.3 Å². The summed E-state index contributed by atoms with van der Waals surface area (Å²) in [5.41, 5.74) is -0.218. The summed E-state index contributed by atoms with van der Waals surface area (Å²) in [6, 6.07) is 5.91. The Morgan fingerprint density at radius 1 is 1.41 bits per heavy atom. The van der Waals surface area contributed by atoms with Gasteiger partial charge in [0.2, 0.25) is 0 Å². The standard InChI is InChI=1S/C11H15NO4S/c1-11(2,3)16-10(13)12-8-5-4-6-9(7-8)17(14)15/h4-7H,1-3H3,(H,12,13)(H,14,15)/p-1. The molecule has 0 radical (unpaired) electrons. The lowest BCUT2D eigenvalue weighted by Crippen LogP contribution is -2.27. The van der Waals surface area contributed by atoms with Gasteiger partial charge in [0.05, 0.1) is 0 Å². The van der Waals surface area contributed by atoms with Crippen molar-refractivity contribution in [2.45, 2.75) is 31.3 Å². The van der Waals surface area contributed by atoms with Crippen LogP contribution in [-0.2, 0) is 15.8 Å². The molecule has 0 aliphatic rings. The van der Waals surface area contributed by atoms with Crippen LogP contribution >= 0.6 is 0 Å². The first kappa shape index (κ1) is 13.7. The van der Waals surface area contributed by atoms with Gasteiger partial charge in [0.25, 0.3) is 0 Å². The van der Waals surface area contributed by atoms with Crippen molar-refractivity contribution >= 4 is 22.9 Å². The summed E-state index contributed by atoms with van der Waals surface area (Å²) in [5.74, 6) is 0. The van der Waals surface area contributed by atoms with Crippen LogP contribution in [0.1, 0.15) is 20.8 Å². The molecule has 1 aromatic rings. The number of amides is 1. The minimum atomic E-state index is -2.32. The highest BCUT2D eigenvalue weighted by atomic mass is 32.2. The summed E-state index contributed by atoms with van der Waals surface area (Å²) < 4.78 is 26.5. The fourth-order valence-electron chi connectivity index (χ4n) is 1.10. The maximum Gasteiger partial charge on any atom is 0.412 e. The monoisotopic (exact) mass is 256 g/mol. The van der Waals surface area contributed by atoms with Crippen molar-refractivity contribution in [2.75, 3.05) is 5.32 Å². The molecule has 1 amide bonds. The van der Waals surface area contributed by atoms with Gasteiger partial charge in [-0.25, -0.2) is 4.79 Å². The molecule has 1 aromatic carbocycles. The number of anilines is 1. The summed E-state index contributed by atoms with van der Waals surface area (Å²) in [6.07, 6.45) is -0.619. The molecule has 1 rings (SSSR count).